The molecule has 27 heavy (non-hydrogen) atoms. The van der Waals surface area contributed by atoms with Crippen LogP contribution in [0, 0.1) is 6.92 Å². The number of allylic oxidation sites excluding steroid dienone is 3. The number of rotatable bonds is 6. The number of hydrogen-bond acceptors (Lipinski definition) is 2. The number of H-pyrrole nitrogens is 2. The van der Waals surface area contributed by atoms with Crippen molar-refractivity contribution in [3.63, 3.8) is 0 Å². The van der Waals surface area contributed by atoms with Gasteiger partial charge in [0.2, 0.25) is 0 Å². The van der Waals surface area contributed by atoms with E-state index < -0.39 is 11.7 Å². The van der Waals surface area contributed by atoms with E-state index in [0.717, 1.165) is 28.8 Å². The summed E-state index contributed by atoms with van der Waals surface area (Å²) in [6, 6.07) is 8.77. The fourth-order valence-corrected chi connectivity index (χ4v) is 2.38. The molecule has 0 aliphatic heterocycles. The molecule has 0 aliphatic carbocycles. The Morgan fingerprint density at radius 2 is 1.85 bits per heavy atom. The summed E-state index contributed by atoms with van der Waals surface area (Å²) >= 11 is 0. The van der Waals surface area contributed by atoms with Crippen molar-refractivity contribution in [2.24, 2.45) is 0 Å². The molecule has 0 saturated heterocycles. The number of benzene rings is 1. The largest absolute Gasteiger partial charge is 0.416 e. The third-order valence-electron chi connectivity index (χ3n) is 3.82. The van der Waals surface area contributed by atoms with E-state index in [1.54, 1.807) is 12.4 Å². The van der Waals surface area contributed by atoms with Crippen molar-refractivity contribution in [1.29, 1.82) is 0 Å². The van der Waals surface area contributed by atoms with Crippen molar-refractivity contribution in [3.8, 4) is 0 Å². The lowest BCUT2D eigenvalue weighted by atomic mass is 10.0. The molecular formula is C20H23F3N4. The van der Waals surface area contributed by atoms with E-state index in [1.807, 2.05) is 44.3 Å². The Morgan fingerprint density at radius 1 is 1.11 bits per heavy atom. The van der Waals surface area contributed by atoms with E-state index in [2.05, 4.69) is 21.0 Å². The Labute approximate surface area is 156 Å². The number of alkyl halides is 3. The van der Waals surface area contributed by atoms with Crippen LogP contribution in [-0.2, 0) is 12.6 Å². The van der Waals surface area contributed by atoms with Gasteiger partial charge in [-0.1, -0.05) is 18.2 Å². The van der Waals surface area contributed by atoms with Crippen molar-refractivity contribution in [2.75, 3.05) is 5.43 Å². The third-order valence-corrected chi connectivity index (χ3v) is 3.82. The highest BCUT2D eigenvalue weighted by Gasteiger charge is 2.29. The third kappa shape index (κ3) is 6.62. The maximum absolute atomic E-state index is 12.6. The van der Waals surface area contributed by atoms with Crippen molar-refractivity contribution in [2.45, 2.75) is 26.4 Å². The number of halogens is 3. The highest BCUT2D eigenvalue weighted by atomic mass is 19.4. The van der Waals surface area contributed by atoms with Gasteiger partial charge in [-0.25, -0.2) is 0 Å². The molecule has 144 valence electrons. The van der Waals surface area contributed by atoms with Gasteiger partial charge in [0.05, 0.1) is 11.3 Å². The summed E-state index contributed by atoms with van der Waals surface area (Å²) < 4.78 is 37.8. The van der Waals surface area contributed by atoms with Gasteiger partial charge in [0.15, 0.2) is 0 Å². The molecule has 4 N–H and O–H groups in total. The van der Waals surface area contributed by atoms with Gasteiger partial charge in [-0.05, 0) is 60.9 Å². The monoisotopic (exact) mass is 376 g/mol. The van der Waals surface area contributed by atoms with E-state index in [9.17, 15) is 13.2 Å². The number of anilines is 1. The minimum absolute atomic E-state index is 0.538. The van der Waals surface area contributed by atoms with Crippen molar-refractivity contribution in [1.82, 2.24) is 15.6 Å². The zero-order valence-electron chi connectivity index (χ0n) is 15.2. The van der Waals surface area contributed by atoms with Crippen molar-refractivity contribution in [3.05, 3.63) is 89.4 Å². The predicted octanol–water partition coefficient (Wildman–Crippen LogP) is 5.41. The molecule has 0 unspecified atom stereocenters. The molecule has 0 bridgehead atoms. The second-order valence-corrected chi connectivity index (χ2v) is 5.91. The standard InChI is InChI=1S/C20H23F3N4/c1-3-5-16(12-17-14-25-24-11-4-6-15(17)2)13-26-27-19-9-7-18(8-10-19)20(21,22)23/h3-11,13-14,24-27H,12H2,1-2H3/b5-3-,11-4?,15-6?,16-13+,17-14?. The topological polar surface area (TPSA) is 55.6 Å². The number of hydrazine groups is 1. The average Bonchev–Trinajstić information content (AvgIpc) is 2.61. The van der Waals surface area contributed by atoms with Gasteiger partial charge in [-0.15, -0.1) is 0 Å². The maximum atomic E-state index is 12.6. The van der Waals surface area contributed by atoms with Gasteiger partial charge in [-0.2, -0.15) is 13.2 Å². The molecule has 4 nitrogen and oxygen atoms in total. The SMILES string of the molecule is C/C=C\C(=C/NNc1ccc(C(F)(F)F)cc1)Cc1c[nH][nH]cccc1C. The number of aromatic nitrogens is 2. The van der Waals surface area contributed by atoms with Crippen LogP contribution in [0.4, 0.5) is 18.9 Å². The highest BCUT2D eigenvalue weighted by molar-refractivity contribution is 5.44. The zero-order chi connectivity index (χ0) is 19.7. The predicted molar refractivity (Wildman–Crippen MR) is 102 cm³/mol. The van der Waals surface area contributed by atoms with Crippen LogP contribution >= 0.6 is 0 Å². The smallest absolute Gasteiger partial charge is 0.309 e. The Balaban J connectivity index is 2.07. The van der Waals surface area contributed by atoms with Crippen LogP contribution in [0.3, 0.4) is 0 Å². The first-order chi connectivity index (χ1) is 12.9. The van der Waals surface area contributed by atoms with Gasteiger partial charge in [0, 0.05) is 25.0 Å². The number of aryl methyl sites for hydroxylation is 1. The maximum Gasteiger partial charge on any atom is 0.416 e. The number of nitrogens with one attached hydrogen (secondary N) is 4. The lowest BCUT2D eigenvalue weighted by Gasteiger charge is -2.11. The Kier molecular flexibility index (Phi) is 7.16. The summed E-state index contributed by atoms with van der Waals surface area (Å²) in [4.78, 5) is 0. The first kappa shape index (κ1) is 20.2. The fraction of sp³-hybridized carbons (Fsp3) is 0.200. The number of hydrogen-bond donors (Lipinski definition) is 4. The minimum Gasteiger partial charge on any atom is -0.309 e. The second-order valence-electron chi connectivity index (χ2n) is 5.91. The highest BCUT2D eigenvalue weighted by Crippen LogP contribution is 2.29. The van der Waals surface area contributed by atoms with E-state index in [0.29, 0.717) is 12.1 Å². The molecule has 2 rings (SSSR count). The summed E-state index contributed by atoms with van der Waals surface area (Å²) in [5, 5.41) is 5.92. The summed E-state index contributed by atoms with van der Waals surface area (Å²) in [5.41, 5.74) is 8.92. The van der Waals surface area contributed by atoms with Gasteiger partial charge >= 0.3 is 6.18 Å². The van der Waals surface area contributed by atoms with Gasteiger partial charge in [0.25, 0.3) is 0 Å². The van der Waals surface area contributed by atoms with Crippen LogP contribution in [0.1, 0.15) is 23.6 Å². The van der Waals surface area contributed by atoms with Crippen LogP contribution in [-0.4, -0.2) is 10.2 Å². The summed E-state index contributed by atoms with van der Waals surface area (Å²) in [6.07, 6.45) is 5.73. The van der Waals surface area contributed by atoms with Crippen molar-refractivity contribution < 1.29 is 13.2 Å². The van der Waals surface area contributed by atoms with Crippen LogP contribution in [0.15, 0.2) is 72.7 Å². The average molecular weight is 376 g/mol. The lowest BCUT2D eigenvalue weighted by Crippen LogP contribution is -2.16. The zero-order valence-corrected chi connectivity index (χ0v) is 15.2. The molecule has 1 aromatic carbocycles. The fourth-order valence-electron chi connectivity index (χ4n) is 2.38. The molecule has 0 saturated carbocycles. The molecule has 0 spiro atoms. The van der Waals surface area contributed by atoms with Gasteiger partial charge in [-0.3, -0.25) is 0 Å². The quantitative estimate of drug-likeness (QED) is 0.402. The van der Waals surface area contributed by atoms with E-state index >= 15 is 0 Å². The molecule has 2 aromatic rings. The van der Waals surface area contributed by atoms with Crippen LogP contribution in [0.2, 0.25) is 0 Å². The number of aromatic amines is 2. The van der Waals surface area contributed by atoms with Gasteiger partial charge < -0.3 is 21.0 Å². The van der Waals surface area contributed by atoms with Crippen molar-refractivity contribution >= 4 is 5.69 Å². The molecule has 0 aliphatic rings. The molecular weight excluding hydrogens is 353 g/mol. The van der Waals surface area contributed by atoms with E-state index in [-0.39, 0.29) is 0 Å². The normalized spacial score (nSPS) is 12.1. The first-order valence-corrected chi connectivity index (χ1v) is 8.44. The van der Waals surface area contributed by atoms with Gasteiger partial charge in [0.1, 0.15) is 0 Å². The Hall–Kier alpha value is -3.09. The van der Waals surface area contributed by atoms with Crippen LogP contribution in [0.5, 0.6) is 0 Å². The molecule has 7 heteroatoms. The van der Waals surface area contributed by atoms with Crippen LogP contribution in [0.25, 0.3) is 0 Å². The lowest BCUT2D eigenvalue weighted by molar-refractivity contribution is -0.137. The Morgan fingerprint density at radius 3 is 2.52 bits per heavy atom. The van der Waals surface area contributed by atoms with E-state index in [1.165, 1.54) is 12.1 Å². The second kappa shape index (κ2) is 9.56. The molecule has 0 fully saturated rings. The molecule has 0 amide bonds. The summed E-state index contributed by atoms with van der Waals surface area (Å²) in [6.45, 7) is 3.96. The van der Waals surface area contributed by atoms with Crippen LogP contribution < -0.4 is 10.9 Å². The minimum atomic E-state index is -4.33. The summed E-state index contributed by atoms with van der Waals surface area (Å²) in [5.74, 6) is 0. The summed E-state index contributed by atoms with van der Waals surface area (Å²) in [7, 11) is 0. The first-order valence-electron chi connectivity index (χ1n) is 8.44. The molecule has 1 heterocycles. The van der Waals surface area contributed by atoms with E-state index in [4.69, 9.17) is 0 Å². The molecule has 1 aromatic heterocycles. The molecule has 0 atom stereocenters. The Bertz CT molecular complexity index is 825. The molecule has 0 radical (unpaired) electrons.